The number of halogens is 12. The average Bonchev–Trinajstić information content (AvgIpc) is 2.21. The molecule has 1 rings (SSSR count). The molecule has 0 aliphatic carbocycles. The van der Waals surface area contributed by atoms with Crippen LogP contribution in [-0.4, -0.2) is 40.8 Å². The van der Waals surface area contributed by atoms with E-state index in [0.717, 1.165) is 6.54 Å². The molecule has 0 aliphatic rings. The van der Waals surface area contributed by atoms with E-state index in [4.69, 9.17) is 0 Å². The van der Waals surface area contributed by atoms with Gasteiger partial charge in [-0.15, -0.1) is 0 Å². The fourth-order valence-electron chi connectivity index (χ4n) is 0.949. The second kappa shape index (κ2) is 16.2. The molecule has 1 aromatic carbocycles. The first-order chi connectivity index (χ1) is 10.8. The fourth-order valence-corrected chi connectivity index (χ4v) is 0.949. The zero-order valence-electron chi connectivity index (χ0n) is 14.8. The smallest absolute Gasteiger partial charge is 1.00 e. The summed E-state index contributed by atoms with van der Waals surface area (Å²) in [7, 11) is -13.8. The first-order valence-electron chi connectivity index (χ1n) is 6.09. The van der Waals surface area contributed by atoms with Crippen LogP contribution in [0.1, 0.15) is 6.99 Å². The maximum Gasteiger partial charge on any atom is 1.00 e. The van der Waals surface area contributed by atoms with Crippen molar-refractivity contribution in [2.75, 3.05) is 14.1 Å². The van der Waals surface area contributed by atoms with Crippen molar-refractivity contribution in [3.8, 4) is 0 Å². The van der Waals surface area contributed by atoms with E-state index in [1.807, 2.05) is 6.07 Å². The van der Waals surface area contributed by atoms with Gasteiger partial charge in [-0.25, -0.2) is 0 Å². The topological polar surface area (TPSA) is 3.24 Å². The van der Waals surface area contributed by atoms with Crippen molar-refractivity contribution in [3.63, 3.8) is 0 Å². The maximum absolute atomic E-state index is 9.75. The van der Waals surface area contributed by atoms with Gasteiger partial charge in [0, 0.05) is 6.54 Å². The Morgan fingerprint density at radius 2 is 0.885 bits per heavy atom. The summed E-state index contributed by atoms with van der Waals surface area (Å²) in [6.07, 6.45) is 0. The number of hydrogen-bond acceptors (Lipinski definition) is 1. The van der Waals surface area contributed by atoms with Crippen molar-refractivity contribution in [3.05, 3.63) is 35.9 Å². The van der Waals surface area contributed by atoms with E-state index in [0.29, 0.717) is 0 Å². The first kappa shape index (κ1) is 33.7. The van der Waals surface area contributed by atoms with Crippen LogP contribution >= 0.6 is 0 Å². The Morgan fingerprint density at radius 3 is 1.08 bits per heavy atom. The fraction of sp³-hybridized carbons (Fsp3) is 0.333. The normalized spacial score (nSPS) is 10.9. The van der Waals surface area contributed by atoms with Gasteiger partial charge in [0.05, 0.1) is 0 Å². The summed E-state index contributed by atoms with van der Waals surface area (Å²) in [5.74, 6) is 0. The molecule has 26 heavy (non-hydrogen) atoms. The molecular weight excluding hydrogens is 422 g/mol. The summed E-state index contributed by atoms with van der Waals surface area (Å²) in [4.78, 5) is 2.16. The monoisotopic (exact) mass is 436 g/mol. The van der Waals surface area contributed by atoms with E-state index in [2.05, 4.69) is 43.3 Å². The molecule has 0 aromatic heterocycles. The minimum atomic E-state index is -6.00. The zero-order chi connectivity index (χ0) is 20.9. The van der Waals surface area contributed by atoms with Gasteiger partial charge in [-0.05, 0) is 19.7 Å². The van der Waals surface area contributed by atoms with Gasteiger partial charge in [0.15, 0.2) is 0 Å². The third kappa shape index (κ3) is 87.6. The minimum Gasteiger partial charge on any atom is -1.00 e. The van der Waals surface area contributed by atoms with E-state index < -0.39 is 21.8 Å². The van der Waals surface area contributed by atoms with E-state index in [-0.39, 0.29) is 52.8 Å². The Kier molecular flexibility index (Phi) is 21.0. The van der Waals surface area contributed by atoms with Gasteiger partial charge in [-0.3, -0.25) is 0 Å². The van der Waals surface area contributed by atoms with Crippen LogP contribution in [0.2, 0.25) is 0 Å². The molecule has 0 amide bonds. The third-order valence-corrected chi connectivity index (χ3v) is 1.34. The quantitative estimate of drug-likeness (QED) is 0.510. The van der Waals surface area contributed by atoms with Crippen LogP contribution in [0.5, 0.6) is 0 Å². The second-order valence-corrected chi connectivity index (χ2v) is 4.21. The van der Waals surface area contributed by atoms with Crippen LogP contribution in [0.4, 0.5) is 51.8 Å². The first-order valence-corrected chi connectivity index (χ1v) is 6.09. The number of hydrogen-bond donors (Lipinski definition) is 0. The van der Waals surface area contributed by atoms with Crippen molar-refractivity contribution in [2.45, 2.75) is 6.54 Å². The molecule has 1 aromatic rings. The van der Waals surface area contributed by atoms with Crippen molar-refractivity contribution < 1.29 is 105 Å². The third-order valence-electron chi connectivity index (χ3n) is 1.34. The molecular formula is C9H14B3F12KN-3. The molecule has 152 valence electrons. The number of rotatable bonds is 2. The molecule has 0 atom stereocenters. The molecule has 0 fully saturated rings. The van der Waals surface area contributed by atoms with Gasteiger partial charge in [-0.2, -0.15) is 0 Å². The molecule has 0 saturated carbocycles. The Balaban J connectivity index is -0.0000000831. The van der Waals surface area contributed by atoms with Crippen molar-refractivity contribution in [2.24, 2.45) is 0 Å². The van der Waals surface area contributed by atoms with Crippen molar-refractivity contribution in [1.82, 2.24) is 4.90 Å². The molecule has 0 N–H and O–H groups in total. The van der Waals surface area contributed by atoms with Crippen molar-refractivity contribution in [1.29, 1.82) is 0 Å². The number of benzene rings is 1. The number of nitrogens with zero attached hydrogens (tertiary/aromatic N) is 1. The van der Waals surface area contributed by atoms with Gasteiger partial charge < -0.3 is 58.1 Å². The van der Waals surface area contributed by atoms with Crippen LogP contribution in [-0.2, 0) is 6.54 Å². The predicted molar refractivity (Wildman–Crippen MR) is 75.5 cm³/mol. The van der Waals surface area contributed by atoms with E-state index in [1.165, 1.54) is 5.56 Å². The molecule has 17 heteroatoms. The second-order valence-electron chi connectivity index (χ2n) is 4.21. The van der Waals surface area contributed by atoms with Gasteiger partial charge in [0.1, 0.15) is 0 Å². The molecule has 1 nitrogen and oxygen atoms in total. The Bertz CT molecular complexity index is 382. The SMILES string of the molecule is CN(C)Cc1ccccc1.F[B-](F)(F)F.F[B-](F)(F)F.F[B-](F)(F)F.[H-].[K+]. The Hall–Kier alpha value is 0.171. The summed E-state index contributed by atoms with van der Waals surface area (Å²) in [6.45, 7) is 1.03. The van der Waals surface area contributed by atoms with Gasteiger partial charge >= 0.3 is 73.1 Å². The predicted octanol–water partition coefficient (Wildman–Crippen LogP) is 2.76. The zero-order valence-corrected chi connectivity index (χ0v) is 16.9. The van der Waals surface area contributed by atoms with Crippen LogP contribution < -0.4 is 51.4 Å². The van der Waals surface area contributed by atoms with Crippen LogP contribution in [0, 0.1) is 0 Å². The van der Waals surface area contributed by atoms with Crippen molar-refractivity contribution >= 4 is 21.8 Å². The van der Waals surface area contributed by atoms with Crippen LogP contribution in [0.15, 0.2) is 30.3 Å². The minimum absolute atomic E-state index is 0. The molecule has 0 aliphatic heterocycles. The molecule has 0 heterocycles. The molecule has 0 radical (unpaired) electrons. The van der Waals surface area contributed by atoms with E-state index in [9.17, 15) is 51.8 Å². The molecule has 0 unspecified atom stereocenters. The summed E-state index contributed by atoms with van der Waals surface area (Å²) in [5.41, 5.74) is 1.37. The molecule has 0 bridgehead atoms. The largest absolute Gasteiger partial charge is 1.00 e. The molecule has 0 saturated heterocycles. The summed E-state index contributed by atoms with van der Waals surface area (Å²) in [5, 5.41) is 0. The van der Waals surface area contributed by atoms with Gasteiger partial charge in [0.25, 0.3) is 0 Å². The van der Waals surface area contributed by atoms with Crippen LogP contribution in [0.25, 0.3) is 0 Å². The standard InChI is InChI=1S/C9H13N.3BF4.K.H/c1-10(2)8-9-6-4-3-5-7-9;3*2-1(3,4)5;;/h3-7H,8H2,1-2H3;;;;;/q;3*-1;+1;-1. The van der Waals surface area contributed by atoms with Gasteiger partial charge in [-0.1, -0.05) is 30.3 Å². The van der Waals surface area contributed by atoms with E-state index >= 15 is 0 Å². The average molecular weight is 436 g/mol. The van der Waals surface area contributed by atoms with Crippen LogP contribution in [0.3, 0.4) is 0 Å². The Labute approximate surface area is 186 Å². The van der Waals surface area contributed by atoms with Gasteiger partial charge in [0.2, 0.25) is 0 Å². The van der Waals surface area contributed by atoms with E-state index in [1.54, 1.807) is 0 Å². The summed E-state index contributed by atoms with van der Waals surface area (Å²) < 4.78 is 117. The summed E-state index contributed by atoms with van der Waals surface area (Å²) in [6, 6.07) is 10.5. The molecule has 0 spiro atoms. The Morgan fingerprint density at radius 1 is 0.654 bits per heavy atom. The maximum atomic E-state index is 9.75. The summed E-state index contributed by atoms with van der Waals surface area (Å²) >= 11 is 0.